The third kappa shape index (κ3) is 3.54. The topological polar surface area (TPSA) is 70.2 Å². The second kappa shape index (κ2) is 5.84. The summed E-state index contributed by atoms with van der Waals surface area (Å²) < 4.78 is 0. The summed E-state index contributed by atoms with van der Waals surface area (Å²) in [6.45, 7) is 5.35. The van der Waals surface area contributed by atoms with Gasteiger partial charge in [0, 0.05) is 18.8 Å². The van der Waals surface area contributed by atoms with Crippen LogP contribution in [0.1, 0.15) is 17.5 Å². The van der Waals surface area contributed by atoms with Crippen molar-refractivity contribution in [2.45, 2.75) is 26.3 Å². The lowest BCUT2D eigenvalue weighted by Gasteiger charge is -2.22. The molecule has 0 saturated carbocycles. The standard InChI is InChI=1S/C14H19N3O2/c1-9-3-4-11(7-10(9)2)17-13(18)8-12-14(19)16-6-5-15-12/h3-4,7,12,15H,5-6,8H2,1-2H3,(H,16,19)(H,17,18)/t12-/m1/s1. The Hall–Kier alpha value is -1.88. The fourth-order valence-corrected chi connectivity index (χ4v) is 2.03. The first-order chi connectivity index (χ1) is 9.06. The summed E-state index contributed by atoms with van der Waals surface area (Å²) in [5.74, 6) is -0.265. The number of benzene rings is 1. The molecule has 1 atom stereocenters. The van der Waals surface area contributed by atoms with Crippen molar-refractivity contribution in [1.82, 2.24) is 10.6 Å². The molecule has 0 spiro atoms. The quantitative estimate of drug-likeness (QED) is 0.751. The minimum atomic E-state index is -0.430. The first-order valence-corrected chi connectivity index (χ1v) is 6.44. The van der Waals surface area contributed by atoms with Crippen molar-refractivity contribution in [2.75, 3.05) is 18.4 Å². The molecule has 0 radical (unpaired) electrons. The average Bonchev–Trinajstić information content (AvgIpc) is 2.37. The largest absolute Gasteiger partial charge is 0.353 e. The lowest BCUT2D eigenvalue weighted by molar-refractivity contribution is -0.127. The zero-order valence-corrected chi connectivity index (χ0v) is 11.2. The van der Waals surface area contributed by atoms with Crippen LogP contribution in [-0.4, -0.2) is 30.9 Å². The van der Waals surface area contributed by atoms with Crippen LogP contribution in [-0.2, 0) is 9.59 Å². The molecule has 19 heavy (non-hydrogen) atoms. The number of amides is 2. The SMILES string of the molecule is Cc1ccc(NC(=O)C[C@H]2NCCNC2=O)cc1C. The molecule has 2 amide bonds. The van der Waals surface area contributed by atoms with Crippen LogP contribution >= 0.6 is 0 Å². The van der Waals surface area contributed by atoms with E-state index in [1.165, 1.54) is 5.56 Å². The molecule has 5 heteroatoms. The molecule has 1 saturated heterocycles. The van der Waals surface area contributed by atoms with Gasteiger partial charge in [0.25, 0.3) is 0 Å². The predicted octanol–water partition coefficient (Wildman–Crippen LogP) is 0.720. The van der Waals surface area contributed by atoms with Crippen molar-refractivity contribution < 1.29 is 9.59 Å². The zero-order chi connectivity index (χ0) is 13.8. The molecule has 0 aromatic heterocycles. The second-order valence-corrected chi connectivity index (χ2v) is 4.85. The Morgan fingerprint density at radius 1 is 1.32 bits per heavy atom. The summed E-state index contributed by atoms with van der Waals surface area (Å²) in [6.07, 6.45) is 0.152. The molecule has 1 aromatic rings. The van der Waals surface area contributed by atoms with Gasteiger partial charge in [0.2, 0.25) is 11.8 Å². The van der Waals surface area contributed by atoms with E-state index in [0.717, 1.165) is 11.3 Å². The van der Waals surface area contributed by atoms with Gasteiger partial charge < -0.3 is 16.0 Å². The van der Waals surface area contributed by atoms with E-state index < -0.39 is 6.04 Å². The Morgan fingerprint density at radius 3 is 2.79 bits per heavy atom. The van der Waals surface area contributed by atoms with E-state index in [4.69, 9.17) is 0 Å². The summed E-state index contributed by atoms with van der Waals surface area (Å²) in [5, 5.41) is 8.59. The fraction of sp³-hybridized carbons (Fsp3) is 0.429. The molecule has 1 aliphatic heterocycles. The molecule has 1 fully saturated rings. The molecule has 0 bridgehead atoms. The Kier molecular flexibility index (Phi) is 4.16. The molecular formula is C14H19N3O2. The van der Waals surface area contributed by atoms with E-state index in [1.54, 1.807) is 0 Å². The molecule has 5 nitrogen and oxygen atoms in total. The first kappa shape index (κ1) is 13.5. The minimum absolute atomic E-state index is 0.110. The van der Waals surface area contributed by atoms with E-state index in [9.17, 15) is 9.59 Å². The number of carbonyl (C=O) groups is 2. The molecule has 1 aromatic carbocycles. The fourth-order valence-electron chi connectivity index (χ4n) is 2.03. The van der Waals surface area contributed by atoms with Gasteiger partial charge in [-0.05, 0) is 37.1 Å². The maximum atomic E-state index is 11.9. The number of piperazine rings is 1. The Balaban J connectivity index is 1.93. The van der Waals surface area contributed by atoms with Crippen LogP contribution < -0.4 is 16.0 Å². The van der Waals surface area contributed by atoms with Gasteiger partial charge in [-0.15, -0.1) is 0 Å². The zero-order valence-electron chi connectivity index (χ0n) is 11.2. The van der Waals surface area contributed by atoms with E-state index >= 15 is 0 Å². The Bertz CT molecular complexity index is 499. The highest BCUT2D eigenvalue weighted by Gasteiger charge is 2.23. The van der Waals surface area contributed by atoms with E-state index in [1.807, 2.05) is 32.0 Å². The van der Waals surface area contributed by atoms with Gasteiger partial charge >= 0.3 is 0 Å². The number of hydrogen-bond acceptors (Lipinski definition) is 3. The molecular weight excluding hydrogens is 242 g/mol. The minimum Gasteiger partial charge on any atom is -0.353 e. The molecule has 102 valence electrons. The van der Waals surface area contributed by atoms with Crippen LogP contribution in [0.4, 0.5) is 5.69 Å². The van der Waals surface area contributed by atoms with Crippen molar-refractivity contribution in [2.24, 2.45) is 0 Å². The number of aryl methyl sites for hydroxylation is 2. The predicted molar refractivity (Wildman–Crippen MR) is 74.0 cm³/mol. The molecule has 3 N–H and O–H groups in total. The number of nitrogens with one attached hydrogen (secondary N) is 3. The lowest BCUT2D eigenvalue weighted by atomic mass is 10.1. The van der Waals surface area contributed by atoms with Crippen molar-refractivity contribution in [3.05, 3.63) is 29.3 Å². The molecule has 0 aliphatic carbocycles. The normalized spacial score (nSPS) is 18.8. The van der Waals surface area contributed by atoms with Crippen LogP contribution in [0.25, 0.3) is 0 Å². The van der Waals surface area contributed by atoms with Crippen molar-refractivity contribution in [3.8, 4) is 0 Å². The number of hydrogen-bond donors (Lipinski definition) is 3. The maximum absolute atomic E-state index is 11.9. The molecule has 1 aliphatic rings. The third-order valence-electron chi connectivity index (χ3n) is 3.31. The first-order valence-electron chi connectivity index (χ1n) is 6.44. The van der Waals surface area contributed by atoms with Crippen molar-refractivity contribution >= 4 is 17.5 Å². The van der Waals surface area contributed by atoms with Gasteiger partial charge in [-0.1, -0.05) is 6.07 Å². The highest BCUT2D eigenvalue weighted by molar-refractivity contribution is 5.95. The van der Waals surface area contributed by atoms with Crippen molar-refractivity contribution in [1.29, 1.82) is 0 Å². The maximum Gasteiger partial charge on any atom is 0.237 e. The number of rotatable bonds is 3. The van der Waals surface area contributed by atoms with Gasteiger partial charge in [-0.2, -0.15) is 0 Å². The van der Waals surface area contributed by atoms with Gasteiger partial charge in [0.05, 0.1) is 12.5 Å². The Labute approximate surface area is 112 Å². The van der Waals surface area contributed by atoms with Crippen LogP contribution in [0.2, 0.25) is 0 Å². The lowest BCUT2D eigenvalue weighted by Crippen LogP contribution is -2.53. The van der Waals surface area contributed by atoms with Gasteiger partial charge in [0.15, 0.2) is 0 Å². The molecule has 1 heterocycles. The second-order valence-electron chi connectivity index (χ2n) is 4.85. The van der Waals surface area contributed by atoms with Crippen LogP contribution in [0.3, 0.4) is 0 Å². The van der Waals surface area contributed by atoms with Gasteiger partial charge in [0.1, 0.15) is 0 Å². The van der Waals surface area contributed by atoms with E-state index in [0.29, 0.717) is 13.1 Å². The van der Waals surface area contributed by atoms with Gasteiger partial charge in [-0.3, -0.25) is 9.59 Å². The van der Waals surface area contributed by atoms with E-state index in [-0.39, 0.29) is 18.2 Å². The summed E-state index contributed by atoms with van der Waals surface area (Å²) in [5.41, 5.74) is 3.09. The summed E-state index contributed by atoms with van der Waals surface area (Å²) in [4.78, 5) is 23.4. The third-order valence-corrected chi connectivity index (χ3v) is 3.31. The highest BCUT2D eigenvalue weighted by atomic mass is 16.2. The van der Waals surface area contributed by atoms with Crippen LogP contribution in [0, 0.1) is 13.8 Å². The smallest absolute Gasteiger partial charge is 0.237 e. The highest BCUT2D eigenvalue weighted by Crippen LogP contribution is 2.14. The molecule has 0 unspecified atom stereocenters. The summed E-state index contributed by atoms with van der Waals surface area (Å²) >= 11 is 0. The van der Waals surface area contributed by atoms with Crippen molar-refractivity contribution in [3.63, 3.8) is 0 Å². The van der Waals surface area contributed by atoms with Crippen LogP contribution in [0.15, 0.2) is 18.2 Å². The van der Waals surface area contributed by atoms with Gasteiger partial charge in [-0.25, -0.2) is 0 Å². The van der Waals surface area contributed by atoms with E-state index in [2.05, 4.69) is 16.0 Å². The summed E-state index contributed by atoms with van der Waals surface area (Å²) in [7, 11) is 0. The average molecular weight is 261 g/mol. The number of anilines is 1. The van der Waals surface area contributed by atoms with Crippen LogP contribution in [0.5, 0.6) is 0 Å². The Morgan fingerprint density at radius 2 is 2.11 bits per heavy atom. The summed E-state index contributed by atoms with van der Waals surface area (Å²) in [6, 6.07) is 5.34. The molecule has 2 rings (SSSR count). The number of carbonyl (C=O) groups excluding carboxylic acids is 2. The monoisotopic (exact) mass is 261 g/mol.